The van der Waals surface area contributed by atoms with E-state index in [9.17, 15) is 13.2 Å². The van der Waals surface area contributed by atoms with Crippen molar-refractivity contribution in [1.29, 1.82) is 0 Å². The van der Waals surface area contributed by atoms with E-state index < -0.39 is 15.9 Å². The molecule has 7 nitrogen and oxygen atoms in total. The maximum absolute atomic E-state index is 14.0. The van der Waals surface area contributed by atoms with Crippen LogP contribution in [0.5, 0.6) is 0 Å². The Morgan fingerprint density at radius 1 is 0.867 bits per heavy atom. The summed E-state index contributed by atoms with van der Waals surface area (Å²) in [5.41, 5.74) is 7.82. The van der Waals surface area contributed by atoms with Crippen molar-refractivity contribution in [3.63, 3.8) is 0 Å². The van der Waals surface area contributed by atoms with Crippen molar-refractivity contribution < 1.29 is 13.2 Å². The molecule has 11 heteroatoms. The predicted octanol–water partition coefficient (Wildman–Crippen LogP) is 8.52. The monoisotopic (exact) mass is 678 g/mol. The van der Waals surface area contributed by atoms with Crippen molar-refractivity contribution in [3.05, 3.63) is 146 Å². The lowest BCUT2D eigenvalue weighted by atomic mass is 10.1. The first kappa shape index (κ1) is 32.3. The molecular weight excluding hydrogens is 651 g/mol. The number of sulfonamides is 1. The molecule has 4 aromatic carbocycles. The standard InChI is InChI=1S/C34H29Cl3N4O3S/c1-22-8-15-29(16-9-22)45(43,44)40(21-25-10-12-27(35)13-11-25)32-7-5-4-6-30(32)34(42)39-38-20-26-18-23(2)41(24(26)3)33-17-14-28(36)19-31(33)37/h4-20H,21H2,1-3H3,(H,39,42)/b38-20+. The lowest BCUT2D eigenvalue weighted by Gasteiger charge is -2.26. The first-order valence-corrected chi connectivity index (χ1v) is 16.4. The molecule has 0 radical (unpaired) electrons. The van der Waals surface area contributed by atoms with Gasteiger partial charge in [-0.1, -0.05) is 76.8 Å². The van der Waals surface area contributed by atoms with Gasteiger partial charge in [-0.25, -0.2) is 13.8 Å². The zero-order valence-corrected chi connectivity index (χ0v) is 27.7. The van der Waals surface area contributed by atoms with Gasteiger partial charge in [-0.15, -0.1) is 0 Å². The fourth-order valence-corrected chi connectivity index (χ4v) is 7.04. The van der Waals surface area contributed by atoms with Crippen LogP contribution in [0.15, 0.2) is 107 Å². The number of hydrogen-bond donors (Lipinski definition) is 1. The molecule has 0 saturated heterocycles. The Labute approximate surface area is 277 Å². The number of nitrogens with zero attached hydrogens (tertiary/aromatic N) is 3. The van der Waals surface area contributed by atoms with Gasteiger partial charge in [0.1, 0.15) is 0 Å². The second-order valence-electron chi connectivity index (χ2n) is 10.4. The summed E-state index contributed by atoms with van der Waals surface area (Å²) in [6.07, 6.45) is 1.54. The SMILES string of the molecule is Cc1ccc(S(=O)(=O)N(Cc2ccc(Cl)cc2)c2ccccc2C(=O)N/N=C/c2cc(C)n(-c3ccc(Cl)cc3Cl)c2C)cc1. The molecular formula is C34H29Cl3N4O3S. The maximum Gasteiger partial charge on any atom is 0.273 e. The number of aryl methyl sites for hydroxylation is 2. The molecule has 0 aliphatic carbocycles. The zero-order chi connectivity index (χ0) is 32.3. The van der Waals surface area contributed by atoms with Crippen LogP contribution >= 0.6 is 34.8 Å². The van der Waals surface area contributed by atoms with Crippen LogP contribution in [0.4, 0.5) is 5.69 Å². The van der Waals surface area contributed by atoms with E-state index in [0.29, 0.717) is 20.6 Å². The Morgan fingerprint density at radius 3 is 2.22 bits per heavy atom. The zero-order valence-electron chi connectivity index (χ0n) is 24.6. The number of rotatable bonds is 9. The normalized spacial score (nSPS) is 11.6. The van der Waals surface area contributed by atoms with Gasteiger partial charge in [0.25, 0.3) is 15.9 Å². The molecule has 45 heavy (non-hydrogen) atoms. The minimum Gasteiger partial charge on any atom is -0.316 e. The summed E-state index contributed by atoms with van der Waals surface area (Å²) in [5, 5.41) is 5.78. The number of hydrazone groups is 1. The van der Waals surface area contributed by atoms with E-state index in [1.807, 2.05) is 37.5 Å². The van der Waals surface area contributed by atoms with Crippen molar-refractivity contribution in [1.82, 2.24) is 9.99 Å². The highest BCUT2D eigenvalue weighted by Gasteiger charge is 2.28. The molecule has 1 N–H and O–H groups in total. The topological polar surface area (TPSA) is 83.8 Å². The summed E-state index contributed by atoms with van der Waals surface area (Å²) in [7, 11) is -4.08. The molecule has 0 bridgehead atoms. The molecule has 0 fully saturated rings. The summed E-state index contributed by atoms with van der Waals surface area (Å²) in [6, 6.07) is 27.2. The number of nitrogens with one attached hydrogen (secondary N) is 1. The van der Waals surface area contributed by atoms with Gasteiger partial charge in [-0.3, -0.25) is 9.10 Å². The number of halogens is 3. The third kappa shape index (κ3) is 7.10. The number of anilines is 1. The Hall–Kier alpha value is -4.08. The number of amides is 1. The van der Waals surface area contributed by atoms with Crippen LogP contribution in [0.3, 0.4) is 0 Å². The molecule has 0 aliphatic rings. The van der Waals surface area contributed by atoms with Gasteiger partial charge in [0, 0.05) is 27.0 Å². The number of carbonyl (C=O) groups excluding carboxylic acids is 1. The lowest BCUT2D eigenvalue weighted by Crippen LogP contribution is -2.33. The van der Waals surface area contributed by atoms with E-state index in [1.165, 1.54) is 10.5 Å². The van der Waals surface area contributed by atoms with Crippen LogP contribution in [0.1, 0.15) is 38.4 Å². The van der Waals surface area contributed by atoms with Crippen molar-refractivity contribution in [2.24, 2.45) is 5.10 Å². The fraction of sp³-hybridized carbons (Fsp3) is 0.118. The van der Waals surface area contributed by atoms with Gasteiger partial charge >= 0.3 is 0 Å². The van der Waals surface area contributed by atoms with Crippen molar-refractivity contribution >= 4 is 62.6 Å². The highest BCUT2D eigenvalue weighted by atomic mass is 35.5. The molecule has 0 atom stereocenters. The Balaban J connectivity index is 1.46. The van der Waals surface area contributed by atoms with Crippen LogP contribution in [0.2, 0.25) is 15.1 Å². The molecule has 0 saturated carbocycles. The Bertz CT molecular complexity index is 2010. The minimum atomic E-state index is -4.08. The maximum atomic E-state index is 14.0. The van der Waals surface area contributed by atoms with Crippen molar-refractivity contribution in [3.8, 4) is 5.69 Å². The van der Waals surface area contributed by atoms with Gasteiger partial charge in [0.2, 0.25) is 0 Å². The molecule has 0 aliphatic heterocycles. The van der Waals surface area contributed by atoms with Crippen molar-refractivity contribution in [2.45, 2.75) is 32.2 Å². The first-order valence-electron chi connectivity index (χ1n) is 13.9. The molecule has 0 unspecified atom stereocenters. The van der Waals surface area contributed by atoms with Gasteiger partial charge in [-0.05, 0) is 87.0 Å². The smallest absolute Gasteiger partial charge is 0.273 e. The molecule has 230 valence electrons. The second kappa shape index (κ2) is 13.5. The number of para-hydroxylation sites is 1. The van der Waals surface area contributed by atoms with E-state index in [1.54, 1.807) is 84.9 Å². The Kier molecular flexibility index (Phi) is 9.70. The number of aromatic nitrogens is 1. The van der Waals surface area contributed by atoms with Gasteiger partial charge in [-0.2, -0.15) is 5.10 Å². The molecule has 5 rings (SSSR count). The van der Waals surface area contributed by atoms with E-state index >= 15 is 0 Å². The second-order valence-corrected chi connectivity index (χ2v) is 13.6. The molecule has 5 aromatic rings. The first-order chi connectivity index (χ1) is 21.5. The summed E-state index contributed by atoms with van der Waals surface area (Å²) in [4.78, 5) is 13.6. The number of carbonyl (C=O) groups is 1. The molecule has 1 heterocycles. The summed E-state index contributed by atoms with van der Waals surface area (Å²) < 4.78 is 31.3. The Morgan fingerprint density at radius 2 is 1.53 bits per heavy atom. The predicted molar refractivity (Wildman–Crippen MR) is 183 cm³/mol. The van der Waals surface area contributed by atoms with E-state index in [4.69, 9.17) is 34.8 Å². The lowest BCUT2D eigenvalue weighted by molar-refractivity contribution is 0.0955. The quantitative estimate of drug-likeness (QED) is 0.125. The average Bonchev–Trinajstić information content (AvgIpc) is 3.29. The minimum absolute atomic E-state index is 0.0276. The van der Waals surface area contributed by atoms with Gasteiger partial charge < -0.3 is 4.57 Å². The van der Waals surface area contributed by atoms with E-state index in [-0.39, 0.29) is 22.7 Å². The third-order valence-electron chi connectivity index (χ3n) is 7.26. The molecule has 1 amide bonds. The fourth-order valence-electron chi connectivity index (χ4n) is 4.95. The van der Waals surface area contributed by atoms with Crippen LogP contribution in [0, 0.1) is 20.8 Å². The highest BCUT2D eigenvalue weighted by Crippen LogP contribution is 2.31. The van der Waals surface area contributed by atoms with Gasteiger partial charge in [0.05, 0.1) is 39.6 Å². The van der Waals surface area contributed by atoms with E-state index in [2.05, 4.69) is 10.5 Å². The summed E-state index contributed by atoms with van der Waals surface area (Å²) in [6.45, 7) is 5.71. The largest absolute Gasteiger partial charge is 0.316 e. The van der Waals surface area contributed by atoms with Crippen molar-refractivity contribution in [2.75, 3.05) is 4.31 Å². The number of hydrogen-bond acceptors (Lipinski definition) is 4. The molecule has 0 spiro atoms. The third-order valence-corrected chi connectivity index (χ3v) is 9.82. The average molecular weight is 680 g/mol. The number of benzene rings is 4. The van der Waals surface area contributed by atoms with Crippen LogP contribution in [0.25, 0.3) is 5.69 Å². The summed E-state index contributed by atoms with van der Waals surface area (Å²) >= 11 is 18.6. The van der Waals surface area contributed by atoms with Crippen LogP contribution in [-0.2, 0) is 16.6 Å². The highest BCUT2D eigenvalue weighted by molar-refractivity contribution is 7.92. The van der Waals surface area contributed by atoms with E-state index in [0.717, 1.165) is 28.2 Å². The van der Waals surface area contributed by atoms with Crippen LogP contribution in [-0.4, -0.2) is 25.1 Å². The van der Waals surface area contributed by atoms with Crippen LogP contribution < -0.4 is 9.73 Å². The summed E-state index contributed by atoms with van der Waals surface area (Å²) in [5.74, 6) is -0.573. The van der Waals surface area contributed by atoms with Gasteiger partial charge in [0.15, 0.2) is 0 Å². The molecule has 1 aromatic heterocycles.